The Morgan fingerprint density at radius 3 is 2.54 bits per heavy atom. The highest BCUT2D eigenvalue weighted by molar-refractivity contribution is 5.94. The van der Waals surface area contributed by atoms with Crippen molar-refractivity contribution in [1.29, 1.82) is 0 Å². The van der Waals surface area contributed by atoms with E-state index in [1.165, 1.54) is 30.4 Å². The number of carbonyl (C=O) groups excluding carboxylic acids is 1. The minimum Gasteiger partial charge on any atom is -0.346 e. The second-order valence-corrected chi connectivity index (χ2v) is 8.68. The van der Waals surface area contributed by atoms with E-state index in [0.717, 1.165) is 17.0 Å². The molecule has 4 rings (SSSR count). The maximum atomic E-state index is 13.0. The first-order valence-corrected chi connectivity index (χ1v) is 11.1. The molecule has 0 aliphatic carbocycles. The van der Waals surface area contributed by atoms with Crippen LogP contribution in [0.3, 0.4) is 0 Å². The van der Waals surface area contributed by atoms with Crippen molar-refractivity contribution in [2.45, 2.75) is 39.0 Å². The Balaban J connectivity index is 1.53. The Labute approximate surface area is 204 Å². The molecule has 3 heterocycles. The first-order valence-electron chi connectivity index (χ1n) is 12.1. The second kappa shape index (κ2) is 9.52. The summed E-state index contributed by atoms with van der Waals surface area (Å²) in [5.74, 6) is 0.322. The van der Waals surface area contributed by atoms with Crippen LogP contribution in [0, 0.1) is 5.92 Å². The number of alkyl halides is 3. The van der Waals surface area contributed by atoms with Gasteiger partial charge in [-0.05, 0) is 42.7 Å². The predicted octanol–water partition coefficient (Wildman–Crippen LogP) is 5.63. The smallest absolute Gasteiger partial charge is 0.346 e. The number of likely N-dealkylation sites (N-methyl/N-ethyl adjacent to an activating group) is 1. The highest BCUT2D eigenvalue weighted by Gasteiger charge is 2.38. The lowest BCUT2D eigenvalue weighted by Crippen LogP contribution is -2.38. The molecule has 1 N–H and O–H groups in total. The maximum absolute atomic E-state index is 13.0. The highest BCUT2D eigenvalue weighted by Crippen LogP contribution is 2.32. The average Bonchev–Trinajstić information content (AvgIpc) is 3.03. The molecule has 3 aromatic rings. The van der Waals surface area contributed by atoms with Crippen LogP contribution in [0.25, 0.3) is 11.1 Å². The summed E-state index contributed by atoms with van der Waals surface area (Å²) in [5, 5.41) is 3.12. The van der Waals surface area contributed by atoms with Gasteiger partial charge in [0.1, 0.15) is 5.82 Å². The van der Waals surface area contributed by atoms with Crippen molar-refractivity contribution >= 4 is 17.8 Å². The van der Waals surface area contributed by atoms with Gasteiger partial charge in [-0.3, -0.25) is 9.88 Å². The van der Waals surface area contributed by atoms with E-state index in [1.807, 2.05) is 20.8 Å². The van der Waals surface area contributed by atoms with Gasteiger partial charge in [0, 0.05) is 31.5 Å². The number of pyridine rings is 1. The third-order valence-corrected chi connectivity index (χ3v) is 5.72. The molecular formula is C25H27F3N6O. The quantitative estimate of drug-likeness (QED) is 0.489. The fraction of sp³-hybridized carbons (Fsp3) is 0.360. The highest BCUT2D eigenvalue weighted by atomic mass is 19.4. The van der Waals surface area contributed by atoms with Crippen molar-refractivity contribution < 1.29 is 20.7 Å². The molecule has 10 heteroatoms. The molecule has 1 saturated heterocycles. The van der Waals surface area contributed by atoms with Crippen LogP contribution in [0.4, 0.5) is 29.7 Å². The molecule has 2 aromatic heterocycles. The van der Waals surface area contributed by atoms with E-state index in [1.54, 1.807) is 24.3 Å². The molecule has 184 valence electrons. The minimum absolute atomic E-state index is 0.172. The van der Waals surface area contributed by atoms with Gasteiger partial charge in [-0.25, -0.2) is 9.78 Å². The molecule has 7 nitrogen and oxygen atoms in total. The van der Waals surface area contributed by atoms with Gasteiger partial charge in [0.15, 0.2) is 0 Å². The molecule has 35 heavy (non-hydrogen) atoms. The Hall–Kier alpha value is -3.69. The zero-order chi connectivity index (χ0) is 27.1. The lowest BCUT2D eigenvalue weighted by atomic mass is 10.0. The summed E-state index contributed by atoms with van der Waals surface area (Å²) in [4.78, 5) is 28.4. The third kappa shape index (κ3) is 5.21. The van der Waals surface area contributed by atoms with Crippen molar-refractivity contribution in [2.75, 3.05) is 23.8 Å². The summed E-state index contributed by atoms with van der Waals surface area (Å²) in [7, 11) is 1.43. The molecule has 1 fully saturated rings. The van der Waals surface area contributed by atoms with Crippen LogP contribution in [0.15, 0.2) is 54.9 Å². The van der Waals surface area contributed by atoms with Crippen LogP contribution in [0.5, 0.6) is 0 Å². The predicted molar refractivity (Wildman–Crippen MR) is 128 cm³/mol. The molecule has 2 atom stereocenters. The lowest BCUT2D eigenvalue weighted by molar-refractivity contribution is -0.137. The molecule has 0 saturated carbocycles. The van der Waals surface area contributed by atoms with E-state index in [2.05, 4.69) is 20.3 Å². The van der Waals surface area contributed by atoms with Gasteiger partial charge >= 0.3 is 12.2 Å². The fourth-order valence-corrected chi connectivity index (χ4v) is 3.81. The summed E-state index contributed by atoms with van der Waals surface area (Å²) < 4.78 is 55.9. The summed E-state index contributed by atoms with van der Waals surface area (Å²) in [6.07, 6.45) is -1.43. The number of urea groups is 1. The summed E-state index contributed by atoms with van der Waals surface area (Å²) >= 11 is 0. The molecule has 0 radical (unpaired) electrons. The normalized spacial score (nSPS) is 19.5. The number of nitrogens with one attached hydrogen (secondary N) is 1. The summed E-state index contributed by atoms with van der Waals surface area (Å²) in [6, 6.07) is 8.42. The molecule has 0 spiro atoms. The molecule has 1 aliphatic rings. The van der Waals surface area contributed by atoms with Crippen LogP contribution >= 0.6 is 0 Å². The lowest BCUT2D eigenvalue weighted by Gasteiger charge is -2.25. The Morgan fingerprint density at radius 1 is 1.11 bits per heavy atom. The van der Waals surface area contributed by atoms with E-state index >= 15 is 0 Å². The third-order valence-electron chi connectivity index (χ3n) is 5.72. The van der Waals surface area contributed by atoms with E-state index in [9.17, 15) is 18.0 Å². The van der Waals surface area contributed by atoms with Gasteiger partial charge in [0.25, 0.3) is 0 Å². The number of benzene rings is 1. The van der Waals surface area contributed by atoms with Crippen molar-refractivity contribution in [3.63, 3.8) is 0 Å². The standard InChI is InChI=1S/C25H27F3N6O/c1-15(2)21-14-33(4)24(35)34(21)22-10-11-29-23(32-22)31-16(3)20-9-8-18(13-30-20)17-6-5-7-19(12-17)25(26,27)28/h5-13,15-16,21H,14H2,1-4H3,(H,29,31,32)/t16-,21+/m0/s1/i14D2. The number of halogens is 3. The number of hydrogen-bond donors (Lipinski definition) is 1. The number of hydrogen-bond acceptors (Lipinski definition) is 5. The number of nitrogens with zero attached hydrogens (tertiary/aromatic N) is 5. The minimum atomic E-state index is -4.43. The van der Waals surface area contributed by atoms with Gasteiger partial charge in [0.2, 0.25) is 5.95 Å². The van der Waals surface area contributed by atoms with E-state index < -0.39 is 30.3 Å². The monoisotopic (exact) mass is 486 g/mol. The second-order valence-electron chi connectivity index (χ2n) is 8.68. The SMILES string of the molecule is [2H]C1([2H])[C@H](C(C)C)N(c2ccnc(N[C@@H](C)c3ccc(-c4cccc(C(F)(F)F)c4)cn3)n2)C(=O)N1C. The first kappa shape index (κ1) is 21.8. The summed E-state index contributed by atoms with van der Waals surface area (Å²) in [5.41, 5.74) is 0.839. The van der Waals surface area contributed by atoms with Gasteiger partial charge in [-0.15, -0.1) is 0 Å². The van der Waals surface area contributed by atoms with Gasteiger partial charge in [-0.1, -0.05) is 32.0 Å². The maximum Gasteiger partial charge on any atom is 0.416 e. The zero-order valence-corrected chi connectivity index (χ0v) is 19.7. The number of carbonyl (C=O) groups is 1. The summed E-state index contributed by atoms with van der Waals surface area (Å²) in [6.45, 7) is 3.65. The number of aromatic nitrogens is 3. The van der Waals surface area contributed by atoms with Crippen molar-refractivity contribution in [2.24, 2.45) is 5.92 Å². The van der Waals surface area contributed by atoms with Crippen LogP contribution < -0.4 is 10.2 Å². The Morgan fingerprint density at radius 2 is 1.89 bits per heavy atom. The first-order chi connectivity index (χ1) is 17.3. The van der Waals surface area contributed by atoms with Crippen LogP contribution in [-0.2, 0) is 6.18 Å². The van der Waals surface area contributed by atoms with Gasteiger partial charge in [-0.2, -0.15) is 18.2 Å². The van der Waals surface area contributed by atoms with Crippen molar-refractivity contribution in [3.05, 3.63) is 66.1 Å². The van der Waals surface area contributed by atoms with Crippen molar-refractivity contribution in [1.82, 2.24) is 19.9 Å². The molecule has 0 bridgehead atoms. The van der Waals surface area contributed by atoms with E-state index in [0.29, 0.717) is 16.8 Å². The Kier molecular flexibility index (Phi) is 5.93. The van der Waals surface area contributed by atoms with E-state index in [-0.39, 0.29) is 23.7 Å². The zero-order valence-electron chi connectivity index (χ0n) is 21.7. The molecular weight excluding hydrogens is 457 g/mol. The molecule has 1 aliphatic heterocycles. The fourth-order valence-electron chi connectivity index (χ4n) is 3.81. The molecule has 1 aromatic carbocycles. The average molecular weight is 487 g/mol. The number of rotatable bonds is 6. The van der Waals surface area contributed by atoms with Gasteiger partial charge < -0.3 is 10.2 Å². The topological polar surface area (TPSA) is 74.2 Å². The largest absolute Gasteiger partial charge is 0.416 e. The van der Waals surface area contributed by atoms with Crippen molar-refractivity contribution in [3.8, 4) is 11.1 Å². The van der Waals surface area contributed by atoms with E-state index in [4.69, 9.17) is 2.74 Å². The molecule has 0 unspecified atom stereocenters. The number of anilines is 2. The number of amides is 2. The molecule has 2 amide bonds. The van der Waals surface area contributed by atoms with Gasteiger partial charge in [0.05, 0.1) is 26.1 Å². The van der Waals surface area contributed by atoms with Crippen LogP contribution in [0.2, 0.25) is 0 Å². The van der Waals surface area contributed by atoms with Crippen LogP contribution in [0.1, 0.15) is 40.8 Å². The van der Waals surface area contributed by atoms with Crippen LogP contribution in [-0.4, -0.2) is 45.5 Å². The Bertz CT molecular complexity index is 1290.